The van der Waals surface area contributed by atoms with Gasteiger partial charge < -0.3 is 30.4 Å². The molecule has 1 aromatic carbocycles. The lowest BCUT2D eigenvalue weighted by molar-refractivity contribution is -0.115. The number of hydrogen-bond acceptors (Lipinski definition) is 7. The number of unbranched alkanes of at least 4 members (excludes halogenated alkanes) is 2. The highest BCUT2D eigenvalue weighted by atomic mass is 35.5. The van der Waals surface area contributed by atoms with Crippen molar-refractivity contribution in [3.8, 4) is 0 Å². The highest BCUT2D eigenvalue weighted by molar-refractivity contribution is 7.08. The molecule has 1 aliphatic heterocycles. The van der Waals surface area contributed by atoms with Crippen LogP contribution in [0.4, 0.5) is 24.5 Å². The van der Waals surface area contributed by atoms with Crippen molar-refractivity contribution in [1.82, 2.24) is 9.80 Å². The molecule has 1 aromatic heterocycles. The van der Waals surface area contributed by atoms with Gasteiger partial charge in [0, 0.05) is 18.0 Å². The summed E-state index contributed by atoms with van der Waals surface area (Å²) >= 11 is 7.21. The number of nitrogens with two attached hydrogens (primary N) is 1. The van der Waals surface area contributed by atoms with Crippen molar-refractivity contribution >= 4 is 52.8 Å². The van der Waals surface area contributed by atoms with Crippen molar-refractivity contribution in [3.63, 3.8) is 0 Å². The average Bonchev–Trinajstić information content (AvgIpc) is 3.67. The molecule has 1 saturated carbocycles. The van der Waals surface area contributed by atoms with Gasteiger partial charge in [0.15, 0.2) is 0 Å². The number of likely N-dealkylation sites (tertiary alicyclic amines) is 1. The first-order valence-electron chi connectivity index (χ1n) is 23.4. The third-order valence-corrected chi connectivity index (χ3v) is 11.3. The topological polar surface area (TPSA) is 95.7 Å². The summed E-state index contributed by atoms with van der Waals surface area (Å²) in [5.41, 5.74) is 8.27. The van der Waals surface area contributed by atoms with E-state index in [1.165, 1.54) is 142 Å². The van der Waals surface area contributed by atoms with Crippen LogP contribution in [0.1, 0.15) is 177 Å². The molecule has 2 aliphatic rings. The van der Waals surface area contributed by atoms with Gasteiger partial charge in [0.1, 0.15) is 17.9 Å². The van der Waals surface area contributed by atoms with Gasteiger partial charge in [-0.3, -0.25) is 4.79 Å². The second-order valence-electron chi connectivity index (χ2n) is 16.4. The molecule has 1 atom stereocenters. The molecule has 0 spiro atoms. The van der Waals surface area contributed by atoms with E-state index in [2.05, 4.69) is 83.1 Å². The Morgan fingerprint density at radius 2 is 1.42 bits per heavy atom. The van der Waals surface area contributed by atoms with Gasteiger partial charge in [0.25, 0.3) is 0 Å². The SMILES string of the molecule is CC(C)=O.CC=O.CCC.CCC.CCC1CCC(C2CCN(C)CC2)CC1.CCCCCC(CCC)N(C)CCc1cscc1NC=O.Cc1cc(F)c(N)c(Cl)c1.FCF. The lowest BCUT2D eigenvalue weighted by atomic mass is 9.72. The molecule has 62 heavy (non-hydrogen) atoms. The summed E-state index contributed by atoms with van der Waals surface area (Å²) in [5, 5.41) is 7.22. The van der Waals surface area contributed by atoms with Crippen LogP contribution in [0.5, 0.6) is 0 Å². The van der Waals surface area contributed by atoms with Gasteiger partial charge in [0.2, 0.25) is 13.3 Å². The fourth-order valence-corrected chi connectivity index (χ4v) is 8.11. The number of ketones is 1. The smallest absolute Gasteiger partial charge is 0.229 e. The van der Waals surface area contributed by atoms with Crippen LogP contribution in [0.25, 0.3) is 0 Å². The first-order valence-corrected chi connectivity index (χ1v) is 24.7. The number of carbonyl (C=O) groups excluding carboxylic acids is 3. The zero-order valence-corrected chi connectivity index (χ0v) is 43.1. The molecule has 0 bridgehead atoms. The predicted molar refractivity (Wildman–Crippen MR) is 267 cm³/mol. The van der Waals surface area contributed by atoms with E-state index in [0.29, 0.717) is 6.04 Å². The van der Waals surface area contributed by atoms with Crippen LogP contribution in [-0.2, 0) is 20.8 Å². The molecule has 1 aliphatic carbocycles. The van der Waals surface area contributed by atoms with Gasteiger partial charge in [0.05, 0.1) is 16.4 Å². The Morgan fingerprint density at radius 3 is 1.85 bits per heavy atom. The summed E-state index contributed by atoms with van der Waals surface area (Å²) in [4.78, 5) is 33.8. The standard InChI is InChI=1S/C17H30N2OS.C14H27N.C7H7ClFN.C3H6O.2C3H8.C2H4O.CH2F2/c1-4-6-7-9-16(8-5-2)19(3)11-10-15-12-21-13-17(15)18-14-20;1-3-12-4-6-13(7-5-12)14-8-10-15(2)11-9-14;1-4-2-5(8)7(10)6(9)3-4;1-3(2)4;2*1-3-2;1-2-3;2-1-3/h12-14,16H,4-11H2,1-3H3,(H,18,20);12-14H,3-11H2,1-2H3;2-3H,10H2,1H3;1-2H3;2*3H2,1-2H3;2H,1H3;1H2. The van der Waals surface area contributed by atoms with E-state index in [4.69, 9.17) is 22.1 Å². The first-order chi connectivity index (χ1) is 29.5. The maximum absolute atomic E-state index is 12.6. The number of nitrogen functional groups attached to an aromatic ring is 1. The molecule has 2 aromatic rings. The Labute approximate surface area is 387 Å². The van der Waals surface area contributed by atoms with Gasteiger partial charge in [-0.25, -0.2) is 13.2 Å². The Bertz CT molecular complexity index is 1270. The van der Waals surface area contributed by atoms with Crippen molar-refractivity contribution in [2.45, 2.75) is 185 Å². The summed E-state index contributed by atoms with van der Waals surface area (Å²) in [7, 11) is 4.51. The number of alkyl halides is 2. The summed E-state index contributed by atoms with van der Waals surface area (Å²) in [6.07, 6.45) is 23.3. The summed E-state index contributed by atoms with van der Waals surface area (Å²) in [5.74, 6) is 2.93. The largest absolute Gasteiger partial charge is 0.395 e. The predicted octanol–water partition coefficient (Wildman–Crippen LogP) is 15.0. The van der Waals surface area contributed by atoms with E-state index in [0.717, 1.165) is 54.7 Å². The fraction of sp³-hybridized carbons (Fsp3) is 0.740. The molecule has 1 amide bonds. The van der Waals surface area contributed by atoms with Gasteiger partial charge >= 0.3 is 0 Å². The molecule has 2 heterocycles. The number of likely N-dealkylation sites (N-methyl/N-ethyl adjacent to an activating group) is 1. The number of nitrogens with zero attached hydrogens (tertiary/aromatic N) is 2. The number of Topliss-reactive ketones (excluding diaryl/α,β-unsaturated/α-hetero) is 1. The Balaban J connectivity index is -0.000000357. The minimum absolute atomic E-state index is 0.0206. The number of thiophene rings is 1. The number of anilines is 2. The van der Waals surface area contributed by atoms with Crippen molar-refractivity contribution in [2.24, 2.45) is 17.8 Å². The number of amides is 1. The molecular formula is C50H92ClF3N4O3S. The minimum Gasteiger partial charge on any atom is -0.395 e. The number of aldehydes is 1. The molecule has 2 fully saturated rings. The van der Waals surface area contributed by atoms with Crippen LogP contribution in [-0.4, -0.2) is 75.0 Å². The quantitative estimate of drug-likeness (QED) is 0.111. The van der Waals surface area contributed by atoms with Gasteiger partial charge in [-0.1, -0.05) is 118 Å². The minimum atomic E-state index is -1.75. The molecular weight excluding hydrogens is 829 g/mol. The van der Waals surface area contributed by atoms with E-state index in [9.17, 15) is 22.8 Å². The molecule has 12 heteroatoms. The Kier molecular flexibility index (Phi) is 49.6. The molecule has 4 rings (SSSR count). The van der Waals surface area contributed by atoms with Crippen LogP contribution in [0, 0.1) is 30.5 Å². The molecule has 7 nitrogen and oxygen atoms in total. The van der Waals surface area contributed by atoms with E-state index in [-0.39, 0.29) is 16.5 Å². The maximum atomic E-state index is 12.6. The molecule has 1 unspecified atom stereocenters. The third-order valence-electron chi connectivity index (χ3n) is 10.2. The fourth-order valence-electron chi connectivity index (χ4n) is 7.01. The summed E-state index contributed by atoms with van der Waals surface area (Å²) < 4.78 is 31.9. The number of benzene rings is 1. The number of nitrogens with one attached hydrogen (secondary N) is 1. The van der Waals surface area contributed by atoms with Crippen molar-refractivity contribution < 1.29 is 27.6 Å². The van der Waals surface area contributed by atoms with Crippen LogP contribution >= 0.6 is 22.9 Å². The molecule has 0 radical (unpaired) electrons. The zero-order valence-electron chi connectivity index (χ0n) is 41.5. The lowest BCUT2D eigenvalue weighted by Crippen LogP contribution is -2.34. The monoisotopic (exact) mass is 921 g/mol. The van der Waals surface area contributed by atoms with E-state index in [1.807, 2.05) is 5.38 Å². The van der Waals surface area contributed by atoms with E-state index in [1.54, 1.807) is 24.3 Å². The van der Waals surface area contributed by atoms with Crippen LogP contribution in [0.3, 0.4) is 0 Å². The number of piperidine rings is 1. The summed E-state index contributed by atoms with van der Waals surface area (Å²) in [6.45, 7) is 23.6. The average molecular weight is 922 g/mol. The second-order valence-corrected chi connectivity index (χ2v) is 17.5. The third kappa shape index (κ3) is 38.0. The van der Waals surface area contributed by atoms with Crippen LogP contribution < -0.4 is 11.1 Å². The Morgan fingerprint density at radius 1 is 0.919 bits per heavy atom. The summed E-state index contributed by atoms with van der Waals surface area (Å²) in [6, 6.07) is 3.67. The number of carbonyl (C=O) groups is 3. The maximum Gasteiger partial charge on any atom is 0.229 e. The Hall–Kier alpha value is -2.47. The number of halogens is 4. The van der Waals surface area contributed by atoms with Crippen LogP contribution in [0.2, 0.25) is 5.02 Å². The highest BCUT2D eigenvalue weighted by Crippen LogP contribution is 2.38. The van der Waals surface area contributed by atoms with Crippen molar-refractivity contribution in [3.05, 3.63) is 44.9 Å². The van der Waals surface area contributed by atoms with Gasteiger partial charge in [-0.2, -0.15) is 0 Å². The number of rotatable bonds is 14. The van der Waals surface area contributed by atoms with Crippen LogP contribution in [0.15, 0.2) is 22.9 Å². The van der Waals surface area contributed by atoms with Crippen molar-refractivity contribution in [1.29, 1.82) is 0 Å². The van der Waals surface area contributed by atoms with Gasteiger partial charge in [-0.15, -0.1) is 11.3 Å². The number of aryl methyl sites for hydroxylation is 1. The second kappa shape index (κ2) is 46.5. The van der Waals surface area contributed by atoms with Gasteiger partial charge in [-0.05, 0) is 146 Å². The molecule has 364 valence electrons. The molecule has 1 saturated heterocycles. The van der Waals surface area contributed by atoms with Crippen molar-refractivity contribution in [2.75, 3.05) is 51.7 Å². The van der Waals surface area contributed by atoms with E-state index < -0.39 is 12.7 Å². The lowest BCUT2D eigenvalue weighted by Gasteiger charge is -2.38. The first kappa shape index (κ1) is 66.1. The number of hydrogen-bond donors (Lipinski definition) is 2. The normalized spacial score (nSPS) is 16.0. The molecule has 3 N–H and O–H groups in total. The van der Waals surface area contributed by atoms with E-state index >= 15 is 0 Å². The highest BCUT2D eigenvalue weighted by Gasteiger charge is 2.28. The zero-order chi connectivity index (χ0) is 48.3.